The second kappa shape index (κ2) is 2.58. The summed E-state index contributed by atoms with van der Waals surface area (Å²) in [5.74, 6) is 0. The highest BCUT2D eigenvalue weighted by atomic mass is 19.3. The van der Waals surface area contributed by atoms with Gasteiger partial charge in [0, 0.05) is 0 Å². The molecule has 4 heteroatoms. The summed E-state index contributed by atoms with van der Waals surface area (Å²) < 4.78 is 23.5. The molecule has 0 atom stereocenters. The first-order chi connectivity index (χ1) is 3.89. The summed E-state index contributed by atoms with van der Waals surface area (Å²) in [5.41, 5.74) is -1.72. The second-order valence-corrected chi connectivity index (χ2v) is 2.50. The summed E-state index contributed by atoms with van der Waals surface area (Å²) in [4.78, 5) is 0. The summed E-state index contributed by atoms with van der Waals surface area (Å²) in [6, 6.07) is 0. The van der Waals surface area contributed by atoms with Crippen molar-refractivity contribution in [3.63, 3.8) is 0 Å². The standard InChI is InChI=1S/C5H10F2O2/c1-5(2,3(6)7)4(8)9/h3-4,8-9H,1-2H3. The van der Waals surface area contributed by atoms with Crippen LogP contribution in [0.25, 0.3) is 0 Å². The lowest BCUT2D eigenvalue weighted by molar-refractivity contribution is -0.172. The van der Waals surface area contributed by atoms with Crippen molar-refractivity contribution in [3.05, 3.63) is 0 Å². The van der Waals surface area contributed by atoms with Crippen LogP contribution in [-0.2, 0) is 0 Å². The van der Waals surface area contributed by atoms with Crippen LogP contribution in [0.3, 0.4) is 0 Å². The Kier molecular flexibility index (Phi) is 2.51. The molecule has 0 radical (unpaired) electrons. The Labute approximate surface area is 52.1 Å². The number of halogens is 2. The van der Waals surface area contributed by atoms with Gasteiger partial charge in [-0.3, -0.25) is 0 Å². The number of aliphatic hydroxyl groups is 2. The maximum atomic E-state index is 11.7. The van der Waals surface area contributed by atoms with Crippen LogP contribution in [0.5, 0.6) is 0 Å². The zero-order valence-electron chi connectivity index (χ0n) is 5.31. The van der Waals surface area contributed by atoms with Crippen molar-refractivity contribution in [3.8, 4) is 0 Å². The molecule has 0 rings (SSSR count). The Balaban J connectivity index is 4.01. The third-order valence-corrected chi connectivity index (χ3v) is 1.23. The average molecular weight is 140 g/mol. The number of aliphatic hydroxyl groups excluding tert-OH is 1. The molecule has 0 heterocycles. The molecule has 0 saturated carbocycles. The van der Waals surface area contributed by atoms with E-state index in [0.717, 1.165) is 13.8 Å². The minimum Gasteiger partial charge on any atom is -0.367 e. The van der Waals surface area contributed by atoms with E-state index in [4.69, 9.17) is 10.2 Å². The van der Waals surface area contributed by atoms with E-state index in [-0.39, 0.29) is 0 Å². The van der Waals surface area contributed by atoms with Gasteiger partial charge in [0.2, 0.25) is 6.43 Å². The van der Waals surface area contributed by atoms with E-state index in [0.29, 0.717) is 0 Å². The first-order valence-corrected chi connectivity index (χ1v) is 2.53. The van der Waals surface area contributed by atoms with Crippen LogP contribution in [0.15, 0.2) is 0 Å². The maximum absolute atomic E-state index is 11.7. The van der Waals surface area contributed by atoms with Crippen molar-refractivity contribution in [2.45, 2.75) is 26.6 Å². The van der Waals surface area contributed by atoms with E-state index in [2.05, 4.69) is 0 Å². The first-order valence-electron chi connectivity index (χ1n) is 2.53. The largest absolute Gasteiger partial charge is 0.367 e. The Hall–Kier alpha value is -0.220. The van der Waals surface area contributed by atoms with Crippen LogP contribution < -0.4 is 0 Å². The highest BCUT2D eigenvalue weighted by molar-refractivity contribution is 4.72. The lowest BCUT2D eigenvalue weighted by Gasteiger charge is -2.24. The molecule has 0 aliphatic heterocycles. The van der Waals surface area contributed by atoms with E-state index in [1.807, 2.05) is 0 Å². The quantitative estimate of drug-likeness (QED) is 0.551. The summed E-state index contributed by atoms with van der Waals surface area (Å²) in [6.45, 7) is 2.17. The third kappa shape index (κ3) is 1.87. The molecule has 56 valence electrons. The van der Waals surface area contributed by atoms with Gasteiger partial charge in [-0.1, -0.05) is 0 Å². The van der Waals surface area contributed by atoms with Crippen LogP contribution in [-0.4, -0.2) is 22.9 Å². The smallest absolute Gasteiger partial charge is 0.248 e. The number of alkyl halides is 2. The van der Waals surface area contributed by atoms with Gasteiger partial charge in [-0.15, -0.1) is 0 Å². The molecular weight excluding hydrogens is 130 g/mol. The molecule has 2 N–H and O–H groups in total. The highest BCUT2D eigenvalue weighted by Gasteiger charge is 2.36. The normalized spacial score (nSPS) is 13.3. The topological polar surface area (TPSA) is 40.5 Å². The molecule has 0 unspecified atom stereocenters. The molecule has 0 fully saturated rings. The molecule has 9 heavy (non-hydrogen) atoms. The average Bonchev–Trinajstić information content (AvgIpc) is 1.65. The molecule has 0 saturated heterocycles. The molecule has 0 amide bonds. The van der Waals surface area contributed by atoms with Gasteiger partial charge in [0.25, 0.3) is 0 Å². The van der Waals surface area contributed by atoms with E-state index in [9.17, 15) is 8.78 Å². The molecule has 0 aliphatic rings. The van der Waals surface area contributed by atoms with Gasteiger partial charge in [-0.2, -0.15) is 0 Å². The Morgan fingerprint density at radius 2 is 1.56 bits per heavy atom. The fourth-order valence-electron chi connectivity index (χ4n) is 0.113. The molecule has 0 aromatic rings. The highest BCUT2D eigenvalue weighted by Crippen LogP contribution is 2.27. The molecule has 0 aromatic carbocycles. The SMILES string of the molecule is CC(C)(C(O)O)C(F)F. The molecular formula is C5H10F2O2. The maximum Gasteiger partial charge on any atom is 0.248 e. The second-order valence-electron chi connectivity index (χ2n) is 2.50. The van der Waals surface area contributed by atoms with Crippen LogP contribution in [0, 0.1) is 5.41 Å². The first kappa shape index (κ1) is 8.78. The molecule has 0 spiro atoms. The van der Waals surface area contributed by atoms with Gasteiger partial charge in [-0.05, 0) is 13.8 Å². The van der Waals surface area contributed by atoms with E-state index in [1.54, 1.807) is 0 Å². The lowest BCUT2D eigenvalue weighted by atomic mass is 9.94. The predicted octanol–water partition coefficient (Wildman–Crippen LogP) is 0.588. The molecule has 0 bridgehead atoms. The van der Waals surface area contributed by atoms with Crippen molar-refractivity contribution >= 4 is 0 Å². The fourth-order valence-corrected chi connectivity index (χ4v) is 0.113. The number of hydrogen-bond donors (Lipinski definition) is 2. The van der Waals surface area contributed by atoms with E-state index < -0.39 is 18.1 Å². The van der Waals surface area contributed by atoms with Crippen molar-refractivity contribution in [1.29, 1.82) is 0 Å². The van der Waals surface area contributed by atoms with Crippen LogP contribution in [0.4, 0.5) is 8.78 Å². The van der Waals surface area contributed by atoms with Gasteiger partial charge in [0.15, 0.2) is 6.29 Å². The molecule has 2 nitrogen and oxygen atoms in total. The van der Waals surface area contributed by atoms with Crippen molar-refractivity contribution in [2.24, 2.45) is 5.41 Å². The van der Waals surface area contributed by atoms with Gasteiger partial charge < -0.3 is 10.2 Å². The zero-order valence-corrected chi connectivity index (χ0v) is 5.31. The fraction of sp³-hybridized carbons (Fsp3) is 1.00. The minimum atomic E-state index is -2.71. The van der Waals surface area contributed by atoms with Crippen LogP contribution in [0.2, 0.25) is 0 Å². The summed E-state index contributed by atoms with van der Waals surface area (Å²) >= 11 is 0. The van der Waals surface area contributed by atoms with E-state index >= 15 is 0 Å². The third-order valence-electron chi connectivity index (χ3n) is 1.23. The van der Waals surface area contributed by atoms with Crippen molar-refractivity contribution < 1.29 is 19.0 Å². The molecule has 0 aliphatic carbocycles. The molecule has 0 aromatic heterocycles. The Bertz CT molecular complexity index is 81.0. The Morgan fingerprint density at radius 1 is 1.22 bits per heavy atom. The Morgan fingerprint density at radius 3 is 1.56 bits per heavy atom. The summed E-state index contributed by atoms with van der Waals surface area (Å²) in [5, 5.41) is 16.7. The lowest BCUT2D eigenvalue weighted by Crippen LogP contribution is -2.35. The number of hydrogen-bond acceptors (Lipinski definition) is 2. The summed E-state index contributed by atoms with van der Waals surface area (Å²) in [6.07, 6.45) is -4.67. The summed E-state index contributed by atoms with van der Waals surface area (Å²) in [7, 11) is 0. The van der Waals surface area contributed by atoms with Crippen LogP contribution in [0.1, 0.15) is 13.8 Å². The van der Waals surface area contributed by atoms with Gasteiger partial charge in [-0.25, -0.2) is 8.78 Å². The monoisotopic (exact) mass is 140 g/mol. The van der Waals surface area contributed by atoms with Crippen LogP contribution >= 0.6 is 0 Å². The van der Waals surface area contributed by atoms with E-state index in [1.165, 1.54) is 0 Å². The minimum absolute atomic E-state index is 1.09. The number of rotatable bonds is 2. The van der Waals surface area contributed by atoms with Crippen molar-refractivity contribution in [2.75, 3.05) is 0 Å². The van der Waals surface area contributed by atoms with Gasteiger partial charge >= 0.3 is 0 Å². The van der Waals surface area contributed by atoms with Crippen molar-refractivity contribution in [1.82, 2.24) is 0 Å². The predicted molar refractivity (Wildman–Crippen MR) is 28.0 cm³/mol. The van der Waals surface area contributed by atoms with Gasteiger partial charge in [0.05, 0.1) is 5.41 Å². The zero-order chi connectivity index (χ0) is 7.65. The van der Waals surface area contributed by atoms with Gasteiger partial charge in [0.1, 0.15) is 0 Å².